The lowest BCUT2D eigenvalue weighted by Gasteiger charge is -2.25. The summed E-state index contributed by atoms with van der Waals surface area (Å²) in [6.45, 7) is 3.12. The van der Waals surface area contributed by atoms with Crippen LogP contribution < -0.4 is 5.32 Å². The van der Waals surface area contributed by atoms with Gasteiger partial charge in [-0.25, -0.2) is 9.36 Å². The predicted molar refractivity (Wildman–Crippen MR) is 159 cm³/mol. The second kappa shape index (κ2) is 21.3. The molecule has 0 aromatic rings. The van der Waals surface area contributed by atoms with E-state index in [2.05, 4.69) is 28.2 Å². The fourth-order valence-electron chi connectivity index (χ4n) is 5.36. The molecule has 0 saturated carbocycles. The Morgan fingerprint density at radius 3 is 1.82 bits per heavy atom. The van der Waals surface area contributed by atoms with E-state index in [0.29, 0.717) is 11.9 Å². The lowest BCUT2D eigenvalue weighted by molar-refractivity contribution is 0.0828. The number of hydrogen-bond donors (Lipinski definition) is 2. The summed E-state index contributed by atoms with van der Waals surface area (Å²) in [7, 11) is -4.12. The van der Waals surface area contributed by atoms with Gasteiger partial charge in [-0.1, -0.05) is 131 Å². The van der Waals surface area contributed by atoms with Crippen LogP contribution in [0.25, 0.3) is 0 Å². The molecule has 2 aliphatic rings. The number of hydrogen-bond acceptors (Lipinski definition) is 6. The average molecular weight is 639 g/mol. The van der Waals surface area contributed by atoms with Crippen molar-refractivity contribution in [3.63, 3.8) is 0 Å². The fourth-order valence-corrected chi connectivity index (χ4v) is 6.53. The Morgan fingerprint density at radius 1 is 0.821 bits per heavy atom. The number of halogens is 1. The monoisotopic (exact) mass is 637 g/mol. The van der Waals surface area contributed by atoms with Crippen LogP contribution in [0.3, 0.4) is 0 Å². The smallest absolute Gasteiger partial charge is 0.449 e. The minimum Gasteiger partial charge on any atom is -0.449 e. The van der Waals surface area contributed by atoms with Gasteiger partial charge >= 0.3 is 13.9 Å². The van der Waals surface area contributed by atoms with Crippen LogP contribution in [0.15, 0.2) is 12.2 Å². The summed E-state index contributed by atoms with van der Waals surface area (Å²) >= 11 is 3.15. The van der Waals surface area contributed by atoms with Crippen LogP contribution in [0.4, 0.5) is 4.79 Å². The molecule has 2 rings (SSSR count). The first-order chi connectivity index (χ1) is 19.0. The van der Waals surface area contributed by atoms with E-state index in [1.807, 2.05) is 12.2 Å². The predicted octanol–water partition coefficient (Wildman–Crippen LogP) is 8.07. The second-order valence-electron chi connectivity index (χ2n) is 10.9. The molecular weight excluding hydrogens is 585 g/mol. The number of ether oxygens (including phenoxy) is 2. The number of phosphoric ester groups is 1. The molecule has 0 radical (unpaired) electrons. The minimum atomic E-state index is -4.12. The molecule has 2 N–H and O–H groups in total. The first-order valence-corrected chi connectivity index (χ1v) is 18.0. The van der Waals surface area contributed by atoms with Gasteiger partial charge in [-0.15, -0.1) is 0 Å². The van der Waals surface area contributed by atoms with Crippen molar-refractivity contribution in [3.8, 4) is 0 Å². The van der Waals surface area contributed by atoms with Crippen molar-refractivity contribution in [3.05, 3.63) is 12.2 Å². The summed E-state index contributed by atoms with van der Waals surface area (Å²) in [5.74, 6) is -0.307. The number of phosphoric acid groups is 1. The Labute approximate surface area is 245 Å². The molecule has 0 aromatic carbocycles. The molecule has 1 amide bonds. The van der Waals surface area contributed by atoms with E-state index >= 15 is 0 Å². The van der Waals surface area contributed by atoms with E-state index in [4.69, 9.17) is 18.5 Å². The van der Waals surface area contributed by atoms with Crippen molar-refractivity contribution in [2.45, 2.75) is 122 Å². The zero-order valence-electron chi connectivity index (χ0n) is 24.0. The van der Waals surface area contributed by atoms with E-state index < -0.39 is 13.9 Å². The summed E-state index contributed by atoms with van der Waals surface area (Å²) in [6, 6.07) is 0. The van der Waals surface area contributed by atoms with Crippen molar-refractivity contribution < 1.29 is 32.8 Å². The van der Waals surface area contributed by atoms with Gasteiger partial charge in [-0.3, -0.25) is 9.05 Å². The maximum absolute atomic E-state index is 12.2. The second-order valence-corrected chi connectivity index (χ2v) is 13.1. The number of alkyl halides is 1. The highest BCUT2D eigenvalue weighted by Gasteiger charge is 2.47. The number of rotatable bonds is 25. The molecular formula is C29H53BrNO7P. The van der Waals surface area contributed by atoms with Gasteiger partial charge in [0.1, 0.15) is 0 Å². The highest BCUT2D eigenvalue weighted by molar-refractivity contribution is 9.09. The summed E-state index contributed by atoms with van der Waals surface area (Å²) < 4.78 is 33.3. The lowest BCUT2D eigenvalue weighted by atomic mass is 9.84. The van der Waals surface area contributed by atoms with E-state index in [1.165, 1.54) is 89.9 Å². The van der Waals surface area contributed by atoms with Crippen LogP contribution in [-0.2, 0) is 23.1 Å². The van der Waals surface area contributed by atoms with Gasteiger partial charge in [0.15, 0.2) is 0 Å². The standard InChI is InChI=1S/C29H53BrNO7P/c1-2-3-4-5-6-7-8-9-10-11-12-13-14-15-16-17-21-31-29(32)35-23-25-26(28-19-18-27(25)38-28)24-37-39(33,34)36-22-20-30/h18-19,25-28H,2-17,20-24H2,1H3,(H,31,32)(H,33,34)/t25-,26+,27+,28-/m0/s1. The van der Waals surface area contributed by atoms with E-state index in [-0.39, 0.29) is 43.9 Å². The van der Waals surface area contributed by atoms with Gasteiger partial charge in [0.25, 0.3) is 0 Å². The molecule has 228 valence electrons. The molecule has 8 nitrogen and oxygen atoms in total. The van der Waals surface area contributed by atoms with Gasteiger partial charge in [0.2, 0.25) is 0 Å². The van der Waals surface area contributed by atoms with Crippen molar-refractivity contribution in [2.75, 3.05) is 31.7 Å². The Balaban J connectivity index is 1.42. The summed E-state index contributed by atoms with van der Waals surface area (Å²) in [5.41, 5.74) is 0. The summed E-state index contributed by atoms with van der Waals surface area (Å²) in [4.78, 5) is 22.0. The van der Waals surface area contributed by atoms with Gasteiger partial charge < -0.3 is 19.7 Å². The summed E-state index contributed by atoms with van der Waals surface area (Å²) in [6.07, 6.45) is 24.2. The number of fused-ring (bicyclic) bond motifs is 2. The number of unbranched alkanes of at least 4 members (excludes halogenated alkanes) is 15. The van der Waals surface area contributed by atoms with Crippen molar-refractivity contribution in [1.29, 1.82) is 0 Å². The maximum Gasteiger partial charge on any atom is 0.472 e. The Kier molecular flexibility index (Phi) is 19.0. The first-order valence-electron chi connectivity index (χ1n) is 15.4. The van der Waals surface area contributed by atoms with Gasteiger partial charge in [0, 0.05) is 23.7 Å². The normalized spacial score (nSPS) is 23.3. The van der Waals surface area contributed by atoms with Gasteiger partial charge in [0.05, 0.1) is 32.0 Å². The molecule has 10 heteroatoms. The van der Waals surface area contributed by atoms with Gasteiger partial charge in [-0.2, -0.15) is 0 Å². The zero-order valence-corrected chi connectivity index (χ0v) is 26.5. The highest BCUT2D eigenvalue weighted by Crippen LogP contribution is 2.47. The molecule has 1 unspecified atom stereocenters. The van der Waals surface area contributed by atoms with E-state index in [9.17, 15) is 14.3 Å². The van der Waals surface area contributed by atoms with Gasteiger partial charge in [-0.05, 0) is 6.42 Å². The lowest BCUT2D eigenvalue weighted by Crippen LogP contribution is -2.34. The molecule has 1 fully saturated rings. The number of alkyl carbamates (subject to hydrolysis) is 1. The molecule has 2 bridgehead atoms. The highest BCUT2D eigenvalue weighted by atomic mass is 79.9. The van der Waals surface area contributed by atoms with Crippen LogP contribution in [-0.4, -0.2) is 54.9 Å². The molecule has 1 saturated heterocycles. The molecule has 0 aromatic heterocycles. The van der Waals surface area contributed by atoms with E-state index in [1.54, 1.807) is 0 Å². The zero-order chi connectivity index (χ0) is 28.2. The van der Waals surface area contributed by atoms with Crippen LogP contribution in [0.1, 0.15) is 110 Å². The molecule has 5 atom stereocenters. The van der Waals surface area contributed by atoms with Crippen molar-refractivity contribution >= 4 is 29.8 Å². The topological polar surface area (TPSA) is 103 Å². The molecule has 2 heterocycles. The minimum absolute atomic E-state index is 0.00356. The van der Waals surface area contributed by atoms with Crippen LogP contribution >= 0.6 is 23.8 Å². The van der Waals surface area contributed by atoms with E-state index in [0.717, 1.165) is 12.8 Å². The third kappa shape index (κ3) is 15.4. The van der Waals surface area contributed by atoms with Crippen molar-refractivity contribution in [2.24, 2.45) is 11.8 Å². The quantitative estimate of drug-likeness (QED) is 0.0451. The van der Waals surface area contributed by atoms with Crippen molar-refractivity contribution in [1.82, 2.24) is 5.32 Å². The largest absolute Gasteiger partial charge is 0.472 e. The first kappa shape index (κ1) is 34.8. The Hall–Kier alpha value is -0.440. The number of nitrogens with one attached hydrogen (secondary N) is 1. The third-order valence-electron chi connectivity index (χ3n) is 7.67. The molecule has 39 heavy (non-hydrogen) atoms. The number of carbonyl (C=O) groups excluding carboxylic acids is 1. The van der Waals surface area contributed by atoms with Crippen LogP contribution in [0.5, 0.6) is 0 Å². The molecule has 0 spiro atoms. The fraction of sp³-hybridized carbons (Fsp3) is 0.897. The SMILES string of the molecule is CCCCCCCCCCCCCCCCCCNC(=O)OC[C@H]1[C@@H](COP(=O)(O)OCCBr)[C@@H]2C=C[C@H]1O2. The number of carbonyl (C=O) groups is 1. The maximum atomic E-state index is 12.2. The van der Waals surface area contributed by atoms with Crippen LogP contribution in [0, 0.1) is 11.8 Å². The average Bonchev–Trinajstić information content (AvgIpc) is 3.53. The third-order valence-corrected chi connectivity index (χ3v) is 8.97. The molecule has 2 aliphatic heterocycles. The number of amides is 1. The summed E-state index contributed by atoms with van der Waals surface area (Å²) in [5, 5.41) is 3.27. The Bertz CT molecular complexity index is 726. The van der Waals surface area contributed by atoms with Crippen LogP contribution in [0.2, 0.25) is 0 Å². The Morgan fingerprint density at radius 2 is 1.31 bits per heavy atom. The molecule has 0 aliphatic carbocycles.